The zero-order chi connectivity index (χ0) is 20.4. The van der Waals surface area contributed by atoms with Crippen molar-refractivity contribution < 1.29 is 9.13 Å². The number of aryl methyl sites for hydroxylation is 1. The lowest BCUT2D eigenvalue weighted by atomic mass is 10.2. The van der Waals surface area contributed by atoms with Crippen LogP contribution in [0.5, 0.6) is 5.75 Å². The van der Waals surface area contributed by atoms with Crippen LogP contribution in [0.2, 0.25) is 5.02 Å². The van der Waals surface area contributed by atoms with Gasteiger partial charge in [0.15, 0.2) is 5.82 Å². The van der Waals surface area contributed by atoms with Gasteiger partial charge in [-0.1, -0.05) is 11.6 Å². The molecule has 1 aliphatic rings. The van der Waals surface area contributed by atoms with E-state index in [1.54, 1.807) is 29.9 Å². The van der Waals surface area contributed by atoms with E-state index in [0.717, 1.165) is 18.7 Å². The summed E-state index contributed by atoms with van der Waals surface area (Å²) in [5.74, 6) is 1.09. The van der Waals surface area contributed by atoms with E-state index >= 15 is 0 Å². The van der Waals surface area contributed by atoms with Crippen LogP contribution < -0.4 is 10.1 Å². The summed E-state index contributed by atoms with van der Waals surface area (Å²) in [6.45, 7) is 1.69. The highest BCUT2D eigenvalue weighted by Crippen LogP contribution is 2.31. The molecule has 1 N–H and O–H groups in total. The molecular formula is C20H22ClFN6O. The number of hydrogen-bond donors (Lipinski definition) is 1. The second kappa shape index (κ2) is 8.34. The molecule has 0 spiro atoms. The first kappa shape index (κ1) is 19.6. The van der Waals surface area contributed by atoms with Crippen molar-refractivity contribution in [2.45, 2.75) is 18.9 Å². The van der Waals surface area contributed by atoms with Crippen molar-refractivity contribution in [3.63, 3.8) is 0 Å². The number of pyridine rings is 1. The quantitative estimate of drug-likeness (QED) is 0.615. The number of anilines is 2. The van der Waals surface area contributed by atoms with E-state index in [4.69, 9.17) is 16.3 Å². The smallest absolute Gasteiger partial charge is 0.226 e. The molecule has 1 aliphatic heterocycles. The molecule has 0 saturated carbocycles. The molecule has 0 radical (unpaired) electrons. The van der Waals surface area contributed by atoms with Crippen molar-refractivity contribution in [1.29, 1.82) is 0 Å². The minimum atomic E-state index is -0.543. The normalized spacial score (nSPS) is 16.9. The van der Waals surface area contributed by atoms with Crippen LogP contribution in [-0.2, 0) is 7.05 Å². The predicted octanol–water partition coefficient (Wildman–Crippen LogP) is 3.89. The number of nitrogens with zero attached hydrogens (tertiary/aromatic N) is 5. The molecule has 1 aromatic carbocycles. The second-order valence-electron chi connectivity index (χ2n) is 7.11. The van der Waals surface area contributed by atoms with E-state index in [1.807, 2.05) is 6.07 Å². The van der Waals surface area contributed by atoms with Crippen LogP contribution in [0.3, 0.4) is 0 Å². The zero-order valence-corrected chi connectivity index (χ0v) is 17.0. The highest BCUT2D eigenvalue weighted by Gasteiger charge is 2.22. The summed E-state index contributed by atoms with van der Waals surface area (Å²) in [6.07, 6.45) is 3.71. The van der Waals surface area contributed by atoms with E-state index in [0.29, 0.717) is 40.8 Å². The summed E-state index contributed by atoms with van der Waals surface area (Å²) in [5.41, 5.74) is 1.38. The third-order valence-electron chi connectivity index (χ3n) is 5.04. The first-order valence-electron chi connectivity index (χ1n) is 9.42. The molecule has 2 aromatic heterocycles. The summed E-state index contributed by atoms with van der Waals surface area (Å²) < 4.78 is 20.8. The Bertz CT molecular complexity index is 993. The Morgan fingerprint density at radius 3 is 2.86 bits per heavy atom. The lowest BCUT2D eigenvalue weighted by Gasteiger charge is -2.21. The largest absolute Gasteiger partial charge is 0.490 e. The zero-order valence-electron chi connectivity index (χ0n) is 16.3. The molecule has 3 heterocycles. The number of nitrogens with one attached hydrogen (secondary N) is 1. The number of rotatable bonds is 6. The van der Waals surface area contributed by atoms with Crippen LogP contribution >= 0.6 is 11.6 Å². The molecule has 9 heteroatoms. The fraction of sp³-hybridized carbons (Fsp3) is 0.350. The Kier molecular flexibility index (Phi) is 5.64. The van der Waals surface area contributed by atoms with Crippen molar-refractivity contribution in [3.05, 3.63) is 47.5 Å². The third kappa shape index (κ3) is 4.49. The van der Waals surface area contributed by atoms with Gasteiger partial charge in [-0.3, -0.25) is 0 Å². The van der Waals surface area contributed by atoms with Gasteiger partial charge in [0.2, 0.25) is 11.9 Å². The number of hydrogen-bond acceptors (Lipinski definition) is 6. The first-order chi connectivity index (χ1) is 14.0. The van der Waals surface area contributed by atoms with Crippen molar-refractivity contribution >= 4 is 23.2 Å². The first-order valence-corrected chi connectivity index (χ1v) is 9.80. The van der Waals surface area contributed by atoms with Gasteiger partial charge in [0.1, 0.15) is 12.4 Å². The summed E-state index contributed by atoms with van der Waals surface area (Å²) in [5, 5.41) is 8.23. The van der Waals surface area contributed by atoms with E-state index in [1.165, 1.54) is 18.7 Å². The number of likely N-dealkylation sites (tertiary alicyclic amines) is 1. The van der Waals surface area contributed by atoms with Gasteiger partial charge in [0.25, 0.3) is 0 Å². The number of ether oxygens (including phenoxy) is 1. The summed E-state index contributed by atoms with van der Waals surface area (Å²) in [6, 6.07) is 8.71. The fourth-order valence-corrected chi connectivity index (χ4v) is 3.50. The summed E-state index contributed by atoms with van der Waals surface area (Å²) in [7, 11) is 3.89. The van der Waals surface area contributed by atoms with Crippen LogP contribution in [0, 0.1) is 5.95 Å². The average Bonchev–Trinajstić information content (AvgIpc) is 3.28. The second-order valence-corrected chi connectivity index (χ2v) is 7.54. The van der Waals surface area contributed by atoms with Crippen LogP contribution in [-0.4, -0.2) is 50.9 Å². The molecule has 0 bridgehead atoms. The van der Waals surface area contributed by atoms with E-state index in [2.05, 4.69) is 32.3 Å². The van der Waals surface area contributed by atoms with Gasteiger partial charge in [0, 0.05) is 35.9 Å². The van der Waals surface area contributed by atoms with E-state index in [-0.39, 0.29) is 0 Å². The molecule has 1 unspecified atom stereocenters. The van der Waals surface area contributed by atoms with Crippen LogP contribution in [0.1, 0.15) is 12.8 Å². The minimum Gasteiger partial charge on any atom is -0.490 e. The Balaban J connectivity index is 1.54. The Hall–Kier alpha value is -2.71. The number of aromatic nitrogens is 4. The van der Waals surface area contributed by atoms with E-state index in [9.17, 15) is 4.39 Å². The average molecular weight is 417 g/mol. The maximum Gasteiger partial charge on any atom is 0.226 e. The highest BCUT2D eigenvalue weighted by atomic mass is 35.5. The lowest BCUT2D eigenvalue weighted by molar-refractivity contribution is 0.199. The number of halogens is 2. The van der Waals surface area contributed by atoms with Crippen LogP contribution in [0.4, 0.5) is 16.0 Å². The van der Waals surface area contributed by atoms with Crippen molar-refractivity contribution in [2.24, 2.45) is 7.05 Å². The Labute approximate surface area is 173 Å². The summed E-state index contributed by atoms with van der Waals surface area (Å²) >= 11 is 6.18. The molecular weight excluding hydrogens is 395 g/mol. The van der Waals surface area contributed by atoms with E-state index < -0.39 is 5.95 Å². The molecule has 4 rings (SSSR count). The Morgan fingerprint density at radius 1 is 1.28 bits per heavy atom. The molecule has 7 nitrogen and oxygen atoms in total. The molecule has 0 aliphatic carbocycles. The molecule has 1 atom stereocenters. The molecule has 1 saturated heterocycles. The van der Waals surface area contributed by atoms with Gasteiger partial charge in [0.05, 0.1) is 5.69 Å². The van der Waals surface area contributed by atoms with Gasteiger partial charge in [-0.15, -0.1) is 5.10 Å². The van der Waals surface area contributed by atoms with Gasteiger partial charge >= 0.3 is 0 Å². The summed E-state index contributed by atoms with van der Waals surface area (Å²) in [4.78, 5) is 10.5. The SMILES string of the molecule is CN1CCCC1COc1cc(Cl)ccc1Nc1nc(-c2ccc(F)nc2)nn1C. The Morgan fingerprint density at radius 2 is 2.14 bits per heavy atom. The monoisotopic (exact) mass is 416 g/mol. The maximum absolute atomic E-state index is 13.1. The molecule has 3 aromatic rings. The molecule has 152 valence electrons. The van der Waals surface area contributed by atoms with Gasteiger partial charge < -0.3 is 15.0 Å². The van der Waals surface area contributed by atoms with Gasteiger partial charge in [-0.25, -0.2) is 9.67 Å². The standard InChI is InChI=1S/C20H22ClFN6O/c1-27-9-3-4-15(27)12-29-17-10-14(21)6-7-16(17)24-20-25-19(26-28(20)2)13-5-8-18(22)23-11-13/h5-8,10-11,15H,3-4,9,12H2,1-2H3,(H,24,25,26). The maximum atomic E-state index is 13.1. The molecule has 29 heavy (non-hydrogen) atoms. The van der Waals surface area contributed by atoms with Crippen molar-refractivity contribution in [3.8, 4) is 17.1 Å². The highest BCUT2D eigenvalue weighted by molar-refractivity contribution is 6.30. The van der Waals surface area contributed by atoms with Crippen LogP contribution in [0.25, 0.3) is 11.4 Å². The third-order valence-corrected chi connectivity index (χ3v) is 5.28. The van der Waals surface area contributed by atoms with Crippen molar-refractivity contribution in [1.82, 2.24) is 24.6 Å². The fourth-order valence-electron chi connectivity index (χ4n) is 3.34. The van der Waals surface area contributed by atoms with Crippen molar-refractivity contribution in [2.75, 3.05) is 25.5 Å². The number of benzene rings is 1. The number of likely N-dealkylation sites (N-methyl/N-ethyl adjacent to an activating group) is 1. The van der Waals surface area contributed by atoms with Gasteiger partial charge in [-0.05, 0) is 50.7 Å². The van der Waals surface area contributed by atoms with Gasteiger partial charge in [-0.2, -0.15) is 9.37 Å². The minimum absolute atomic E-state index is 0.397. The van der Waals surface area contributed by atoms with Crippen LogP contribution in [0.15, 0.2) is 36.5 Å². The lowest BCUT2D eigenvalue weighted by Crippen LogP contribution is -2.30. The molecule has 0 amide bonds. The topological polar surface area (TPSA) is 68.1 Å². The molecule has 1 fully saturated rings. The predicted molar refractivity (Wildman–Crippen MR) is 110 cm³/mol.